The third-order valence-electron chi connectivity index (χ3n) is 4.82. The molecule has 2 rings (SSSR count). The molecule has 0 bridgehead atoms. The van der Waals surface area contributed by atoms with E-state index in [4.69, 9.17) is 23.2 Å². The van der Waals surface area contributed by atoms with Gasteiger partial charge >= 0.3 is 0 Å². The van der Waals surface area contributed by atoms with Crippen LogP contribution in [0.5, 0.6) is 0 Å². The molecule has 2 amide bonds. The van der Waals surface area contributed by atoms with Crippen molar-refractivity contribution in [2.24, 2.45) is 0 Å². The molecule has 0 fully saturated rings. The van der Waals surface area contributed by atoms with E-state index in [0.29, 0.717) is 28.7 Å². The van der Waals surface area contributed by atoms with Crippen molar-refractivity contribution in [3.8, 4) is 0 Å². The van der Waals surface area contributed by atoms with Gasteiger partial charge in [-0.3, -0.25) is 9.59 Å². The first kappa shape index (κ1) is 23.2. The summed E-state index contributed by atoms with van der Waals surface area (Å²) in [5.74, 6) is -0.357. The second-order valence-corrected chi connectivity index (χ2v) is 8.02. The van der Waals surface area contributed by atoms with Crippen LogP contribution in [0.1, 0.15) is 43.4 Å². The zero-order valence-electron chi connectivity index (χ0n) is 17.2. The van der Waals surface area contributed by atoms with Crippen LogP contribution in [0.2, 0.25) is 10.0 Å². The fraction of sp³-hybridized carbons (Fsp3) is 0.391. The lowest BCUT2D eigenvalue weighted by Crippen LogP contribution is -2.48. The lowest BCUT2D eigenvalue weighted by Gasteiger charge is -2.29. The number of carbonyl (C=O) groups is 2. The molecule has 1 N–H and O–H groups in total. The first-order valence-electron chi connectivity index (χ1n) is 9.89. The Kier molecular flexibility index (Phi) is 8.99. The predicted molar refractivity (Wildman–Crippen MR) is 119 cm³/mol. The van der Waals surface area contributed by atoms with Gasteiger partial charge in [0.1, 0.15) is 6.04 Å². The van der Waals surface area contributed by atoms with Crippen LogP contribution < -0.4 is 5.32 Å². The molecule has 0 aliphatic heterocycles. The molecule has 0 spiro atoms. The topological polar surface area (TPSA) is 49.4 Å². The van der Waals surface area contributed by atoms with Gasteiger partial charge in [-0.1, -0.05) is 72.4 Å². The summed E-state index contributed by atoms with van der Waals surface area (Å²) in [6.45, 7) is 6.76. The number of nitrogens with one attached hydrogen (secondary N) is 1. The average Bonchev–Trinajstić information content (AvgIpc) is 2.68. The number of carbonyl (C=O) groups excluding carboxylic acids is 2. The number of aryl methyl sites for hydroxylation is 1. The van der Waals surface area contributed by atoms with Gasteiger partial charge in [0.15, 0.2) is 0 Å². The number of nitrogens with zero attached hydrogens (tertiary/aromatic N) is 1. The van der Waals surface area contributed by atoms with E-state index in [1.54, 1.807) is 30.0 Å². The largest absolute Gasteiger partial charge is 0.354 e. The Morgan fingerprint density at radius 3 is 2.38 bits per heavy atom. The van der Waals surface area contributed by atoms with E-state index in [2.05, 4.69) is 12.2 Å². The lowest BCUT2D eigenvalue weighted by molar-refractivity contribution is -0.140. The number of hydrogen-bond donors (Lipinski definition) is 1. The molecule has 29 heavy (non-hydrogen) atoms. The van der Waals surface area contributed by atoms with Crippen LogP contribution >= 0.6 is 23.2 Å². The van der Waals surface area contributed by atoms with Gasteiger partial charge in [-0.25, -0.2) is 0 Å². The third kappa shape index (κ3) is 6.76. The van der Waals surface area contributed by atoms with Gasteiger partial charge in [0.25, 0.3) is 0 Å². The molecule has 4 nitrogen and oxygen atoms in total. The van der Waals surface area contributed by atoms with Gasteiger partial charge in [-0.2, -0.15) is 0 Å². The molecule has 6 heteroatoms. The molecule has 2 aromatic carbocycles. The van der Waals surface area contributed by atoms with Gasteiger partial charge in [0, 0.05) is 23.1 Å². The van der Waals surface area contributed by atoms with Gasteiger partial charge in [-0.05, 0) is 43.5 Å². The summed E-state index contributed by atoms with van der Waals surface area (Å²) in [7, 11) is 0. The van der Waals surface area contributed by atoms with Crippen LogP contribution in [-0.2, 0) is 22.6 Å². The molecular formula is C23H28Cl2N2O2. The smallest absolute Gasteiger partial charge is 0.242 e. The number of hydrogen-bond acceptors (Lipinski definition) is 2. The number of rotatable bonds is 9. The fourth-order valence-electron chi connectivity index (χ4n) is 3.08. The molecule has 1 unspecified atom stereocenters. The SMILES string of the molecule is CCCCNC(=O)C(C)N(Cc1cccc(C)c1)C(=O)Cc1c(Cl)cccc1Cl. The van der Waals surface area contributed by atoms with E-state index < -0.39 is 6.04 Å². The Morgan fingerprint density at radius 2 is 1.76 bits per heavy atom. The molecule has 156 valence electrons. The summed E-state index contributed by atoms with van der Waals surface area (Å²) < 4.78 is 0. The summed E-state index contributed by atoms with van der Waals surface area (Å²) in [6, 6.07) is 12.5. The Labute approximate surface area is 183 Å². The minimum Gasteiger partial charge on any atom is -0.354 e. The number of halogens is 2. The van der Waals surface area contributed by atoms with Crippen LogP contribution in [0.4, 0.5) is 0 Å². The first-order valence-corrected chi connectivity index (χ1v) is 10.6. The molecule has 0 aromatic heterocycles. The Hall–Kier alpha value is -2.04. The minimum atomic E-state index is -0.610. The average molecular weight is 435 g/mol. The normalized spacial score (nSPS) is 11.8. The van der Waals surface area contributed by atoms with Gasteiger partial charge < -0.3 is 10.2 Å². The van der Waals surface area contributed by atoms with Crippen molar-refractivity contribution < 1.29 is 9.59 Å². The van der Waals surface area contributed by atoms with Gasteiger partial charge in [0.05, 0.1) is 6.42 Å². The van der Waals surface area contributed by atoms with Crippen molar-refractivity contribution in [3.05, 3.63) is 69.2 Å². The van der Waals surface area contributed by atoms with Crippen molar-refractivity contribution >= 4 is 35.0 Å². The second kappa shape index (κ2) is 11.2. The maximum atomic E-state index is 13.2. The molecule has 1 atom stereocenters. The highest BCUT2D eigenvalue weighted by molar-refractivity contribution is 6.36. The van der Waals surface area contributed by atoms with Crippen molar-refractivity contribution in [2.45, 2.75) is 52.6 Å². The molecule has 0 saturated heterocycles. The highest BCUT2D eigenvalue weighted by Crippen LogP contribution is 2.26. The Bertz CT molecular complexity index is 834. The number of amides is 2. The van der Waals surface area contributed by atoms with Crippen molar-refractivity contribution in [1.29, 1.82) is 0 Å². The van der Waals surface area contributed by atoms with E-state index >= 15 is 0 Å². The molecule has 2 aromatic rings. The molecule has 0 radical (unpaired) electrons. The van der Waals surface area contributed by atoms with Gasteiger partial charge in [0.2, 0.25) is 11.8 Å². The van der Waals surface area contributed by atoms with Crippen molar-refractivity contribution in [2.75, 3.05) is 6.54 Å². The molecule has 0 aliphatic carbocycles. The fourth-order valence-corrected chi connectivity index (χ4v) is 3.61. The van der Waals surface area contributed by atoms with Crippen LogP contribution in [0.25, 0.3) is 0 Å². The maximum Gasteiger partial charge on any atom is 0.242 e. The maximum absolute atomic E-state index is 13.2. The van der Waals surface area contributed by atoms with E-state index in [-0.39, 0.29) is 18.2 Å². The summed E-state index contributed by atoms with van der Waals surface area (Å²) in [6.07, 6.45) is 1.93. The zero-order valence-corrected chi connectivity index (χ0v) is 18.7. The van der Waals surface area contributed by atoms with Crippen LogP contribution in [0, 0.1) is 6.92 Å². The van der Waals surface area contributed by atoms with Crippen LogP contribution in [0.3, 0.4) is 0 Å². The van der Waals surface area contributed by atoms with Crippen LogP contribution in [0.15, 0.2) is 42.5 Å². The first-order chi connectivity index (χ1) is 13.8. The summed E-state index contributed by atoms with van der Waals surface area (Å²) in [5.41, 5.74) is 2.65. The van der Waals surface area contributed by atoms with E-state index in [0.717, 1.165) is 24.0 Å². The van der Waals surface area contributed by atoms with Gasteiger partial charge in [-0.15, -0.1) is 0 Å². The lowest BCUT2D eigenvalue weighted by atomic mass is 10.1. The quantitative estimate of drug-likeness (QED) is 0.552. The Balaban J connectivity index is 2.25. The van der Waals surface area contributed by atoms with Crippen LogP contribution in [-0.4, -0.2) is 29.3 Å². The highest BCUT2D eigenvalue weighted by Gasteiger charge is 2.27. The Morgan fingerprint density at radius 1 is 1.10 bits per heavy atom. The van der Waals surface area contributed by atoms with E-state index in [1.807, 2.05) is 31.2 Å². The molecular weight excluding hydrogens is 407 g/mol. The van der Waals surface area contributed by atoms with Crippen molar-refractivity contribution in [1.82, 2.24) is 10.2 Å². The number of unbranched alkanes of at least 4 members (excludes halogenated alkanes) is 1. The highest BCUT2D eigenvalue weighted by atomic mass is 35.5. The number of benzene rings is 2. The standard InChI is InChI=1S/C23H28Cl2N2O2/c1-4-5-12-26-23(29)17(3)27(15-18-9-6-8-16(2)13-18)22(28)14-19-20(24)10-7-11-21(19)25/h6-11,13,17H,4-5,12,14-15H2,1-3H3,(H,26,29). The summed E-state index contributed by atoms with van der Waals surface area (Å²) in [5, 5.41) is 3.81. The zero-order chi connectivity index (χ0) is 21.4. The molecule has 0 heterocycles. The monoisotopic (exact) mass is 434 g/mol. The second-order valence-electron chi connectivity index (χ2n) is 7.21. The molecule has 0 saturated carbocycles. The summed E-state index contributed by atoms with van der Waals surface area (Å²) >= 11 is 12.5. The van der Waals surface area contributed by atoms with E-state index in [1.165, 1.54) is 0 Å². The predicted octanol–water partition coefficient (Wildman–Crippen LogP) is 5.18. The van der Waals surface area contributed by atoms with Crippen molar-refractivity contribution in [3.63, 3.8) is 0 Å². The van der Waals surface area contributed by atoms with E-state index in [9.17, 15) is 9.59 Å². The third-order valence-corrected chi connectivity index (χ3v) is 5.53. The molecule has 0 aliphatic rings. The minimum absolute atomic E-state index is 0.0386. The summed E-state index contributed by atoms with van der Waals surface area (Å²) in [4.78, 5) is 27.5.